The highest BCUT2D eigenvalue weighted by Gasteiger charge is 2.35. The predicted octanol–water partition coefficient (Wildman–Crippen LogP) is 2.60. The Morgan fingerprint density at radius 2 is 1.80 bits per heavy atom. The monoisotopic (exact) mass is 425 g/mol. The van der Waals surface area contributed by atoms with Crippen LogP contribution < -0.4 is 10.6 Å². The van der Waals surface area contributed by atoms with E-state index in [0.29, 0.717) is 36.2 Å². The number of hydrogen-bond acceptors (Lipinski definition) is 4. The predicted molar refractivity (Wildman–Crippen MR) is 117 cm³/mol. The summed E-state index contributed by atoms with van der Waals surface area (Å²) in [5.74, 6) is -0.875. The van der Waals surface area contributed by atoms with E-state index in [1.807, 2.05) is 30.3 Å². The van der Waals surface area contributed by atoms with E-state index >= 15 is 0 Å². The average Bonchev–Trinajstić information content (AvgIpc) is 3.01. The van der Waals surface area contributed by atoms with Crippen LogP contribution in [-0.4, -0.2) is 48.8 Å². The molecule has 2 aliphatic rings. The molecule has 0 radical (unpaired) electrons. The Bertz CT molecular complexity index is 988. The Morgan fingerprint density at radius 1 is 1.03 bits per heavy atom. The van der Waals surface area contributed by atoms with Crippen molar-refractivity contribution in [2.24, 2.45) is 0 Å². The van der Waals surface area contributed by atoms with E-state index in [2.05, 4.69) is 16.7 Å². The summed E-state index contributed by atoms with van der Waals surface area (Å²) in [6.45, 7) is 2.54. The summed E-state index contributed by atoms with van der Waals surface area (Å²) in [6, 6.07) is 14.5. The maximum Gasteiger partial charge on any atom is 0.261 e. The summed E-state index contributed by atoms with van der Waals surface area (Å²) in [5.41, 5.74) is 3.31. The van der Waals surface area contributed by atoms with Crippen LogP contribution in [0.5, 0.6) is 0 Å². The highest BCUT2D eigenvalue weighted by molar-refractivity contribution is 6.22. The molecule has 4 rings (SSSR count). The summed E-state index contributed by atoms with van der Waals surface area (Å²) >= 11 is 0. The third kappa shape index (κ3) is 4.61. The molecule has 0 aromatic heterocycles. The largest absolute Gasteiger partial charge is 0.348 e. The highest BCUT2D eigenvalue weighted by atomic mass is 35.5. The third-order valence-electron chi connectivity index (χ3n) is 5.33. The van der Waals surface area contributed by atoms with E-state index in [0.717, 1.165) is 25.1 Å². The maximum atomic E-state index is 12.8. The number of nitrogens with one attached hydrogen (secondary N) is 2. The number of hydrogen-bond donors (Lipinski definition) is 2. The zero-order valence-electron chi connectivity index (χ0n) is 16.5. The van der Waals surface area contributed by atoms with Crippen molar-refractivity contribution in [2.75, 3.05) is 26.2 Å². The SMILES string of the molecule is Cl.O=C(NCC1=CCNCC1)c1ccc2c(c1)C(=O)N(CCc1ccccc1)C2=O. The van der Waals surface area contributed by atoms with Gasteiger partial charge in [0.1, 0.15) is 0 Å². The molecule has 2 heterocycles. The first kappa shape index (κ1) is 21.7. The number of benzene rings is 2. The summed E-state index contributed by atoms with van der Waals surface area (Å²) in [4.78, 5) is 39.2. The lowest BCUT2D eigenvalue weighted by Gasteiger charge is -2.14. The van der Waals surface area contributed by atoms with Crippen LogP contribution in [0.4, 0.5) is 0 Å². The van der Waals surface area contributed by atoms with E-state index in [-0.39, 0.29) is 30.1 Å². The molecule has 2 aromatic carbocycles. The first-order chi connectivity index (χ1) is 14.1. The summed E-state index contributed by atoms with van der Waals surface area (Å²) in [5, 5.41) is 6.13. The van der Waals surface area contributed by atoms with Crippen molar-refractivity contribution in [3.05, 3.63) is 82.4 Å². The zero-order chi connectivity index (χ0) is 20.2. The summed E-state index contributed by atoms with van der Waals surface area (Å²) < 4.78 is 0. The lowest BCUT2D eigenvalue weighted by Crippen LogP contribution is -2.31. The van der Waals surface area contributed by atoms with Gasteiger partial charge in [-0.05, 0) is 43.1 Å². The van der Waals surface area contributed by atoms with Crippen LogP contribution in [0, 0.1) is 0 Å². The van der Waals surface area contributed by atoms with Crippen LogP contribution in [0.15, 0.2) is 60.2 Å². The molecule has 0 saturated heterocycles. The van der Waals surface area contributed by atoms with Gasteiger partial charge in [0.25, 0.3) is 17.7 Å². The van der Waals surface area contributed by atoms with Crippen LogP contribution in [0.1, 0.15) is 43.1 Å². The van der Waals surface area contributed by atoms with Gasteiger partial charge in [0.15, 0.2) is 0 Å². The van der Waals surface area contributed by atoms with Crippen LogP contribution in [0.25, 0.3) is 0 Å². The van der Waals surface area contributed by atoms with E-state index in [4.69, 9.17) is 0 Å². The van der Waals surface area contributed by atoms with Crippen molar-refractivity contribution < 1.29 is 14.4 Å². The summed E-state index contributed by atoms with van der Waals surface area (Å²) in [7, 11) is 0. The van der Waals surface area contributed by atoms with Gasteiger partial charge in [0.05, 0.1) is 11.1 Å². The number of carbonyl (C=O) groups is 3. The van der Waals surface area contributed by atoms with E-state index < -0.39 is 0 Å². The van der Waals surface area contributed by atoms with Crippen LogP contribution in [0.3, 0.4) is 0 Å². The molecule has 0 bridgehead atoms. The van der Waals surface area contributed by atoms with Gasteiger partial charge in [-0.2, -0.15) is 0 Å². The molecule has 2 N–H and O–H groups in total. The van der Waals surface area contributed by atoms with Gasteiger partial charge >= 0.3 is 0 Å². The molecule has 0 aliphatic carbocycles. The van der Waals surface area contributed by atoms with Gasteiger partial charge in [-0.15, -0.1) is 12.4 Å². The lowest BCUT2D eigenvalue weighted by atomic mass is 10.0. The average molecular weight is 426 g/mol. The second-order valence-electron chi connectivity index (χ2n) is 7.26. The highest BCUT2D eigenvalue weighted by Crippen LogP contribution is 2.24. The van der Waals surface area contributed by atoms with Gasteiger partial charge in [-0.3, -0.25) is 19.3 Å². The molecule has 30 heavy (non-hydrogen) atoms. The fourth-order valence-corrected chi connectivity index (χ4v) is 3.65. The molecule has 2 aliphatic heterocycles. The Hall–Kier alpha value is -2.96. The van der Waals surface area contributed by atoms with Crippen molar-refractivity contribution in [1.82, 2.24) is 15.5 Å². The molecule has 3 amide bonds. The Balaban J connectivity index is 0.00000256. The molecule has 0 unspecified atom stereocenters. The Kier molecular flexibility index (Phi) is 7.03. The van der Waals surface area contributed by atoms with Crippen LogP contribution >= 0.6 is 12.4 Å². The van der Waals surface area contributed by atoms with Crippen molar-refractivity contribution in [2.45, 2.75) is 12.8 Å². The standard InChI is InChI=1S/C23H23N3O3.ClH/c27-21(25-15-17-8-11-24-12-9-17)18-6-7-19-20(14-18)23(29)26(22(19)28)13-10-16-4-2-1-3-5-16;/h1-8,14,24H,9-13,15H2,(H,25,27);1H. The van der Waals surface area contributed by atoms with Gasteiger partial charge in [0.2, 0.25) is 0 Å². The quantitative estimate of drug-likeness (QED) is 0.551. The molecule has 0 spiro atoms. The van der Waals surface area contributed by atoms with Gasteiger partial charge in [-0.1, -0.05) is 42.0 Å². The molecule has 7 heteroatoms. The molecule has 2 aromatic rings. The normalized spacial score (nSPS) is 15.3. The van der Waals surface area contributed by atoms with Crippen LogP contribution in [0.2, 0.25) is 0 Å². The summed E-state index contributed by atoms with van der Waals surface area (Å²) in [6.07, 6.45) is 3.59. The van der Waals surface area contributed by atoms with E-state index in [1.165, 1.54) is 16.5 Å². The van der Waals surface area contributed by atoms with Gasteiger partial charge in [0, 0.05) is 25.2 Å². The van der Waals surface area contributed by atoms with Crippen LogP contribution in [-0.2, 0) is 6.42 Å². The number of fused-ring (bicyclic) bond motifs is 1. The smallest absolute Gasteiger partial charge is 0.261 e. The van der Waals surface area contributed by atoms with Gasteiger partial charge < -0.3 is 10.6 Å². The molecular weight excluding hydrogens is 402 g/mol. The number of carbonyl (C=O) groups excluding carboxylic acids is 3. The van der Waals surface area contributed by atoms with E-state index in [9.17, 15) is 14.4 Å². The molecule has 6 nitrogen and oxygen atoms in total. The first-order valence-corrected chi connectivity index (χ1v) is 9.84. The molecular formula is C23H24ClN3O3. The molecule has 0 saturated carbocycles. The zero-order valence-corrected chi connectivity index (χ0v) is 17.3. The Morgan fingerprint density at radius 3 is 2.53 bits per heavy atom. The second-order valence-corrected chi connectivity index (χ2v) is 7.26. The maximum absolute atomic E-state index is 12.8. The minimum atomic E-state index is -0.336. The minimum Gasteiger partial charge on any atom is -0.348 e. The number of imide groups is 1. The van der Waals surface area contributed by atoms with E-state index in [1.54, 1.807) is 12.1 Å². The Labute approximate surface area is 181 Å². The van der Waals surface area contributed by atoms with Crippen molar-refractivity contribution >= 4 is 30.1 Å². The minimum absolute atomic E-state index is 0. The molecule has 156 valence electrons. The van der Waals surface area contributed by atoms with Gasteiger partial charge in [-0.25, -0.2) is 0 Å². The van der Waals surface area contributed by atoms with Crippen molar-refractivity contribution in [3.8, 4) is 0 Å². The molecule has 0 fully saturated rings. The fourth-order valence-electron chi connectivity index (χ4n) is 3.65. The lowest BCUT2D eigenvalue weighted by molar-refractivity contribution is 0.0656. The molecule has 0 atom stereocenters. The second kappa shape index (κ2) is 9.69. The number of nitrogens with zero attached hydrogens (tertiary/aromatic N) is 1. The van der Waals surface area contributed by atoms with Crippen molar-refractivity contribution in [3.63, 3.8) is 0 Å². The first-order valence-electron chi connectivity index (χ1n) is 9.84. The fraction of sp³-hybridized carbons (Fsp3) is 0.261. The third-order valence-corrected chi connectivity index (χ3v) is 5.33. The number of halogens is 1. The topological polar surface area (TPSA) is 78.5 Å². The van der Waals surface area contributed by atoms with Crippen molar-refractivity contribution in [1.29, 1.82) is 0 Å². The number of amides is 3. The number of rotatable bonds is 6.